The second-order valence-electron chi connectivity index (χ2n) is 5.19. The summed E-state index contributed by atoms with van der Waals surface area (Å²) in [5.74, 6) is -0.820. The first-order chi connectivity index (χ1) is 10.9. The maximum absolute atomic E-state index is 11.6. The molecule has 1 N–H and O–H groups in total. The summed E-state index contributed by atoms with van der Waals surface area (Å²) in [5, 5.41) is 9.73. The Bertz CT molecular complexity index is 328. The Labute approximate surface area is 138 Å². The molecule has 0 spiro atoms. The Morgan fingerprint density at radius 2 is 1.39 bits per heavy atom. The molecule has 0 rings (SSSR count). The lowest BCUT2D eigenvalue weighted by Gasteiger charge is -2.18. The number of ketones is 1. The number of hydrogen-bond acceptors (Lipinski definition) is 7. The lowest BCUT2D eigenvalue weighted by molar-refractivity contribution is -0.148. The molecule has 0 bridgehead atoms. The Hall–Kier alpha value is -1.02. The number of rotatable bonds is 15. The Morgan fingerprint density at radius 3 is 1.91 bits per heavy atom. The summed E-state index contributed by atoms with van der Waals surface area (Å²) in [5.41, 5.74) is -1.37. The third-order valence-electron chi connectivity index (χ3n) is 3.28. The van der Waals surface area contributed by atoms with Crippen molar-refractivity contribution in [2.45, 2.75) is 45.6 Å². The van der Waals surface area contributed by atoms with Crippen LogP contribution in [0.2, 0.25) is 0 Å². The largest absolute Gasteiger partial charge is 0.463 e. The molecule has 0 heterocycles. The molecule has 0 aliphatic rings. The molecule has 0 fully saturated rings. The minimum atomic E-state index is -1.37. The standard InChI is InChI=1S/C16H30O7/c1-4-16(3,19)14(17)6-7-15(18)23-13-12-22-11-10-21-9-8-20-5-2/h19H,4-13H2,1-3H3. The topological polar surface area (TPSA) is 91.3 Å². The Balaban J connectivity index is 3.46. The van der Waals surface area contributed by atoms with Crippen molar-refractivity contribution in [3.05, 3.63) is 0 Å². The first-order valence-corrected chi connectivity index (χ1v) is 8.08. The van der Waals surface area contributed by atoms with Gasteiger partial charge in [-0.15, -0.1) is 0 Å². The molecule has 0 radical (unpaired) electrons. The van der Waals surface area contributed by atoms with Crippen LogP contribution in [0.3, 0.4) is 0 Å². The zero-order chi connectivity index (χ0) is 17.6. The van der Waals surface area contributed by atoms with Crippen LogP contribution in [-0.4, -0.2) is 68.7 Å². The quantitative estimate of drug-likeness (QED) is 0.354. The van der Waals surface area contributed by atoms with Gasteiger partial charge in [0.05, 0.1) is 39.5 Å². The third kappa shape index (κ3) is 12.1. The van der Waals surface area contributed by atoms with Crippen LogP contribution in [0.4, 0.5) is 0 Å². The maximum atomic E-state index is 11.6. The molecule has 1 unspecified atom stereocenters. The van der Waals surface area contributed by atoms with Crippen LogP contribution < -0.4 is 0 Å². The highest BCUT2D eigenvalue weighted by Gasteiger charge is 2.27. The van der Waals surface area contributed by atoms with Crippen molar-refractivity contribution in [1.29, 1.82) is 0 Å². The smallest absolute Gasteiger partial charge is 0.306 e. The second kappa shape index (κ2) is 13.4. The molecular weight excluding hydrogens is 304 g/mol. The van der Waals surface area contributed by atoms with Gasteiger partial charge in [-0.2, -0.15) is 0 Å². The number of hydrogen-bond donors (Lipinski definition) is 1. The molecule has 0 aliphatic carbocycles. The molecule has 0 saturated heterocycles. The van der Waals surface area contributed by atoms with Crippen molar-refractivity contribution in [1.82, 2.24) is 0 Å². The molecule has 0 aromatic heterocycles. The summed E-state index contributed by atoms with van der Waals surface area (Å²) in [7, 11) is 0. The van der Waals surface area contributed by atoms with Crippen molar-refractivity contribution in [2.24, 2.45) is 0 Å². The lowest BCUT2D eigenvalue weighted by Crippen LogP contribution is -2.34. The summed E-state index contributed by atoms with van der Waals surface area (Å²) < 4.78 is 20.5. The van der Waals surface area contributed by atoms with Crippen molar-refractivity contribution >= 4 is 11.8 Å². The number of carbonyl (C=O) groups excluding carboxylic acids is 2. The van der Waals surface area contributed by atoms with Gasteiger partial charge in [0, 0.05) is 13.0 Å². The van der Waals surface area contributed by atoms with E-state index in [1.165, 1.54) is 6.92 Å². The first kappa shape index (κ1) is 22.0. The van der Waals surface area contributed by atoms with Gasteiger partial charge in [0.15, 0.2) is 5.78 Å². The van der Waals surface area contributed by atoms with E-state index in [2.05, 4.69) is 0 Å². The molecule has 0 aliphatic heterocycles. The third-order valence-corrected chi connectivity index (χ3v) is 3.28. The van der Waals surface area contributed by atoms with Crippen molar-refractivity contribution in [3.63, 3.8) is 0 Å². The number of carbonyl (C=O) groups is 2. The van der Waals surface area contributed by atoms with E-state index in [1.54, 1.807) is 6.92 Å². The molecule has 0 aromatic rings. The van der Waals surface area contributed by atoms with Crippen molar-refractivity contribution in [2.75, 3.05) is 46.2 Å². The average Bonchev–Trinajstić information content (AvgIpc) is 2.54. The van der Waals surface area contributed by atoms with E-state index in [4.69, 9.17) is 18.9 Å². The first-order valence-electron chi connectivity index (χ1n) is 8.08. The monoisotopic (exact) mass is 334 g/mol. The molecule has 136 valence electrons. The van der Waals surface area contributed by atoms with Crippen LogP contribution in [0.1, 0.15) is 40.0 Å². The fraction of sp³-hybridized carbons (Fsp3) is 0.875. The van der Waals surface area contributed by atoms with Gasteiger partial charge in [0.25, 0.3) is 0 Å². The maximum Gasteiger partial charge on any atom is 0.306 e. The van der Waals surface area contributed by atoms with E-state index in [0.717, 1.165) is 0 Å². The van der Waals surface area contributed by atoms with E-state index >= 15 is 0 Å². The zero-order valence-corrected chi connectivity index (χ0v) is 14.5. The highest BCUT2D eigenvalue weighted by atomic mass is 16.6. The fourth-order valence-corrected chi connectivity index (χ4v) is 1.55. The van der Waals surface area contributed by atoms with Gasteiger partial charge in [-0.25, -0.2) is 0 Å². The minimum Gasteiger partial charge on any atom is -0.463 e. The highest BCUT2D eigenvalue weighted by molar-refractivity contribution is 5.89. The van der Waals surface area contributed by atoms with Crippen LogP contribution >= 0.6 is 0 Å². The predicted molar refractivity (Wildman–Crippen MR) is 84.2 cm³/mol. The Morgan fingerprint density at radius 1 is 0.870 bits per heavy atom. The molecule has 7 nitrogen and oxygen atoms in total. The van der Waals surface area contributed by atoms with E-state index < -0.39 is 11.6 Å². The number of Topliss-reactive ketones (excluding diaryl/α,β-unsaturated/α-hetero) is 1. The molecule has 7 heteroatoms. The van der Waals surface area contributed by atoms with Crippen LogP contribution in [0.25, 0.3) is 0 Å². The molecule has 23 heavy (non-hydrogen) atoms. The van der Waals surface area contributed by atoms with Crippen LogP contribution in [-0.2, 0) is 28.5 Å². The molecule has 0 amide bonds. The molecule has 0 saturated carbocycles. The highest BCUT2D eigenvalue weighted by Crippen LogP contribution is 2.13. The Kier molecular flexibility index (Phi) is 12.8. The van der Waals surface area contributed by atoms with E-state index in [1.807, 2.05) is 6.92 Å². The van der Waals surface area contributed by atoms with Crippen molar-refractivity contribution < 1.29 is 33.6 Å². The van der Waals surface area contributed by atoms with Gasteiger partial charge in [-0.1, -0.05) is 6.92 Å². The normalized spacial score (nSPS) is 13.6. The predicted octanol–water partition coefficient (Wildman–Crippen LogP) is 1.11. The molecular formula is C16H30O7. The fourth-order valence-electron chi connectivity index (χ4n) is 1.55. The zero-order valence-electron chi connectivity index (χ0n) is 14.5. The average molecular weight is 334 g/mol. The van der Waals surface area contributed by atoms with Gasteiger partial charge in [0.1, 0.15) is 12.2 Å². The summed E-state index contributed by atoms with van der Waals surface area (Å²) >= 11 is 0. The molecule has 0 aromatic carbocycles. The van der Waals surface area contributed by atoms with Gasteiger partial charge >= 0.3 is 5.97 Å². The van der Waals surface area contributed by atoms with E-state index in [9.17, 15) is 14.7 Å². The summed E-state index contributed by atoms with van der Waals surface area (Å²) in [6.45, 7) is 8.15. The number of aliphatic hydroxyl groups is 1. The van der Waals surface area contributed by atoms with Crippen molar-refractivity contribution in [3.8, 4) is 0 Å². The summed E-state index contributed by atoms with van der Waals surface area (Å²) in [4.78, 5) is 23.1. The van der Waals surface area contributed by atoms with E-state index in [0.29, 0.717) is 39.5 Å². The lowest BCUT2D eigenvalue weighted by atomic mass is 9.95. The van der Waals surface area contributed by atoms with Gasteiger partial charge in [-0.05, 0) is 20.3 Å². The second-order valence-corrected chi connectivity index (χ2v) is 5.19. The SMILES string of the molecule is CCOCCOCCOCCOC(=O)CCC(=O)C(C)(O)CC. The van der Waals surface area contributed by atoms with Crippen LogP contribution in [0.5, 0.6) is 0 Å². The van der Waals surface area contributed by atoms with Gasteiger partial charge < -0.3 is 24.1 Å². The number of esters is 1. The summed E-state index contributed by atoms with van der Waals surface area (Å²) in [6.07, 6.45) is 0.269. The number of ether oxygens (including phenoxy) is 4. The van der Waals surface area contributed by atoms with E-state index in [-0.39, 0.29) is 31.8 Å². The van der Waals surface area contributed by atoms with Gasteiger partial charge in [0.2, 0.25) is 0 Å². The summed E-state index contributed by atoms with van der Waals surface area (Å²) in [6, 6.07) is 0. The molecule has 1 atom stereocenters. The minimum absolute atomic E-state index is 0.0196. The van der Waals surface area contributed by atoms with Crippen LogP contribution in [0, 0.1) is 0 Å². The van der Waals surface area contributed by atoms with Gasteiger partial charge in [-0.3, -0.25) is 9.59 Å². The van der Waals surface area contributed by atoms with Crippen LogP contribution in [0.15, 0.2) is 0 Å².